The normalized spacial score (nSPS) is 18.4. The summed E-state index contributed by atoms with van der Waals surface area (Å²) in [7, 11) is 0. The van der Waals surface area contributed by atoms with E-state index in [1.54, 1.807) is 0 Å². The van der Waals surface area contributed by atoms with E-state index < -0.39 is 20.6 Å². The minimum absolute atomic E-state index is 0.109. The molecule has 1 unspecified atom stereocenters. The molecule has 1 aliphatic rings. The van der Waals surface area contributed by atoms with Crippen LogP contribution in [0.5, 0.6) is 0 Å². The van der Waals surface area contributed by atoms with Crippen molar-refractivity contribution < 1.29 is 14.3 Å². The molecule has 150 valence electrons. The van der Waals surface area contributed by atoms with Gasteiger partial charge in [-0.3, -0.25) is 0 Å². The molecule has 1 N–H and O–H groups in total. The maximum absolute atomic E-state index is 15.5. The first-order valence-corrected chi connectivity index (χ1v) is 13.2. The van der Waals surface area contributed by atoms with Crippen molar-refractivity contribution >= 4 is 40.9 Å². The van der Waals surface area contributed by atoms with E-state index in [1.807, 2.05) is 36.1 Å². The predicted molar refractivity (Wildman–Crippen MR) is 114 cm³/mol. The predicted octanol–water partition coefficient (Wildman–Crippen LogP) is 3.71. The van der Waals surface area contributed by atoms with Crippen LogP contribution in [0.15, 0.2) is 36.4 Å². The van der Waals surface area contributed by atoms with Gasteiger partial charge < -0.3 is 0 Å². The fourth-order valence-electron chi connectivity index (χ4n) is 3.72. The Hall–Kier alpha value is -1.35. The number of aliphatic carboxylic acids is 1. The molecule has 0 saturated carbocycles. The van der Waals surface area contributed by atoms with Crippen LogP contribution in [0.4, 0.5) is 4.39 Å². The second kappa shape index (κ2) is 9.43. The zero-order valence-corrected chi connectivity index (χ0v) is 18.9. The van der Waals surface area contributed by atoms with Crippen LogP contribution >= 0.6 is 11.6 Å². The van der Waals surface area contributed by atoms with Crippen LogP contribution in [0.3, 0.4) is 0 Å². The number of hydrogen-bond donors (Lipinski definition) is 1. The monoisotopic (exact) mass is 465 g/mol. The van der Waals surface area contributed by atoms with Crippen molar-refractivity contribution in [2.75, 3.05) is 13.1 Å². The molecule has 28 heavy (non-hydrogen) atoms. The first-order valence-electron chi connectivity index (χ1n) is 9.67. The van der Waals surface area contributed by atoms with Gasteiger partial charge in [0.2, 0.25) is 0 Å². The van der Waals surface area contributed by atoms with E-state index >= 15 is 4.39 Å². The number of carbonyl (C=O) groups is 1. The molecule has 3 nitrogen and oxygen atoms in total. The summed E-state index contributed by atoms with van der Waals surface area (Å²) in [6.45, 7) is 5.79. The number of halogens is 2. The summed E-state index contributed by atoms with van der Waals surface area (Å²) in [5.74, 6) is -1.21. The molecule has 3 rings (SSSR count). The molecule has 0 aromatic heterocycles. The van der Waals surface area contributed by atoms with Gasteiger partial charge in [-0.1, -0.05) is 0 Å². The second-order valence-electron chi connectivity index (χ2n) is 7.39. The molecule has 0 aliphatic carbocycles. The van der Waals surface area contributed by atoms with Crippen LogP contribution in [0.2, 0.25) is 10.2 Å². The Bertz CT molecular complexity index is 860. The van der Waals surface area contributed by atoms with Crippen LogP contribution in [-0.4, -0.2) is 43.7 Å². The molecule has 6 heteroatoms. The van der Waals surface area contributed by atoms with E-state index in [0.29, 0.717) is 31.6 Å². The van der Waals surface area contributed by atoms with Gasteiger partial charge in [0.25, 0.3) is 0 Å². The molecule has 1 heterocycles. The molecule has 1 aliphatic heterocycles. The third kappa shape index (κ3) is 4.79. The third-order valence-corrected chi connectivity index (χ3v) is 11.4. The summed E-state index contributed by atoms with van der Waals surface area (Å²) in [4.78, 5) is 13.2. The van der Waals surface area contributed by atoms with Gasteiger partial charge in [0, 0.05) is 0 Å². The van der Waals surface area contributed by atoms with Gasteiger partial charge in [-0.2, -0.15) is 0 Å². The minimum atomic E-state index is -1.77. The van der Waals surface area contributed by atoms with Crippen molar-refractivity contribution in [2.45, 2.75) is 38.4 Å². The molecule has 2 aromatic carbocycles. The average molecular weight is 466 g/mol. The number of benzene rings is 2. The quantitative estimate of drug-likeness (QED) is 0.634. The molecule has 0 spiro atoms. The van der Waals surface area contributed by atoms with Crippen LogP contribution in [0.1, 0.15) is 30.9 Å². The van der Waals surface area contributed by atoms with Crippen LogP contribution < -0.4 is 8.70 Å². The van der Waals surface area contributed by atoms with Gasteiger partial charge in [-0.25, -0.2) is 0 Å². The maximum atomic E-state index is 15.5. The molecule has 0 amide bonds. The van der Waals surface area contributed by atoms with Crippen molar-refractivity contribution in [1.29, 1.82) is 0 Å². The summed E-state index contributed by atoms with van der Waals surface area (Å²) < 4.78 is 17.6. The molecular formula is C22H26AsClFNO2. The number of carboxylic acid groups (broad SMARTS) is 1. The van der Waals surface area contributed by atoms with Gasteiger partial charge in [0.1, 0.15) is 0 Å². The van der Waals surface area contributed by atoms with E-state index in [-0.39, 0.29) is 11.7 Å². The molecule has 2 aromatic rings. The number of rotatable bonds is 7. The zero-order valence-electron chi connectivity index (χ0n) is 16.3. The van der Waals surface area contributed by atoms with E-state index in [4.69, 9.17) is 11.6 Å². The van der Waals surface area contributed by atoms with Crippen molar-refractivity contribution in [2.24, 2.45) is 5.92 Å². The Morgan fingerprint density at radius 3 is 2.79 bits per heavy atom. The van der Waals surface area contributed by atoms with Crippen molar-refractivity contribution in [3.05, 3.63) is 58.4 Å². The summed E-state index contributed by atoms with van der Waals surface area (Å²) in [5, 5.41) is 10.9. The number of likely N-dealkylation sites (tertiary alicyclic amines) is 1. The van der Waals surface area contributed by atoms with Gasteiger partial charge in [-0.15, -0.1) is 0 Å². The number of aryl methyl sites for hydroxylation is 1. The zero-order chi connectivity index (χ0) is 20.3. The molecule has 2 atom stereocenters. The van der Waals surface area contributed by atoms with Crippen LogP contribution in [0.25, 0.3) is 0 Å². The Kier molecular flexibility index (Phi) is 7.19. The Labute approximate surface area is 175 Å². The van der Waals surface area contributed by atoms with E-state index in [1.165, 1.54) is 4.35 Å². The molecule has 1 saturated heterocycles. The number of hydrogen-bond acceptors (Lipinski definition) is 2. The summed E-state index contributed by atoms with van der Waals surface area (Å²) in [6, 6.07) is 11.8. The van der Waals surface area contributed by atoms with E-state index in [9.17, 15) is 9.90 Å². The Morgan fingerprint density at radius 1 is 1.36 bits per heavy atom. The van der Waals surface area contributed by atoms with Crippen molar-refractivity contribution in [3.63, 3.8) is 0 Å². The van der Waals surface area contributed by atoms with E-state index in [2.05, 4.69) is 19.1 Å². The fourth-order valence-corrected chi connectivity index (χ4v) is 9.03. The van der Waals surface area contributed by atoms with Gasteiger partial charge >= 0.3 is 176 Å². The number of carboxylic acids is 1. The standard InChI is InChI=1S/C22H26AsClFNO2/c1-3-10-23(18-7-8-20(24)15(2)12-18)19-6-4-5-16(21(19)25)13-26-11-9-17(14-26)22(27)28/h4-8,12,17H,3,9-11,13-14H2,1-2H3,(H,27,28)/t17?,23-/m0/s1. The summed E-state index contributed by atoms with van der Waals surface area (Å²) >= 11 is 4.42. The molecular weight excluding hydrogens is 440 g/mol. The topological polar surface area (TPSA) is 40.5 Å². The summed E-state index contributed by atoms with van der Waals surface area (Å²) in [6.07, 6.45) is 1.64. The fraction of sp³-hybridized carbons (Fsp3) is 0.409. The van der Waals surface area contributed by atoms with Gasteiger partial charge in [0.15, 0.2) is 0 Å². The third-order valence-electron chi connectivity index (χ3n) is 5.27. The first-order chi connectivity index (χ1) is 13.4. The second-order valence-corrected chi connectivity index (χ2v) is 12.6. The first kappa shape index (κ1) is 21.4. The van der Waals surface area contributed by atoms with Crippen LogP contribution in [0, 0.1) is 18.7 Å². The molecule has 0 radical (unpaired) electrons. The Balaban J connectivity index is 1.87. The van der Waals surface area contributed by atoms with Crippen LogP contribution in [-0.2, 0) is 11.3 Å². The van der Waals surface area contributed by atoms with E-state index in [0.717, 1.165) is 26.6 Å². The Morgan fingerprint density at radius 2 is 2.14 bits per heavy atom. The summed E-state index contributed by atoms with van der Waals surface area (Å²) in [5.41, 5.74) is 1.70. The molecule has 0 bridgehead atoms. The number of nitrogens with zero attached hydrogens (tertiary/aromatic N) is 1. The average Bonchev–Trinajstić information content (AvgIpc) is 3.13. The SMILES string of the molecule is CCC[As@@](c1ccc(Cl)c(C)c1)c1cccc(CN2CCC(C(=O)O)C2)c1F. The van der Waals surface area contributed by atoms with Crippen molar-refractivity contribution in [1.82, 2.24) is 4.90 Å². The van der Waals surface area contributed by atoms with Gasteiger partial charge in [-0.05, 0) is 0 Å². The molecule has 1 fully saturated rings. The van der Waals surface area contributed by atoms with Gasteiger partial charge in [0.05, 0.1) is 0 Å². The van der Waals surface area contributed by atoms with Crippen molar-refractivity contribution in [3.8, 4) is 0 Å².